The van der Waals surface area contributed by atoms with Gasteiger partial charge in [-0.3, -0.25) is 9.59 Å². The van der Waals surface area contributed by atoms with Gasteiger partial charge in [0.05, 0.1) is 5.33 Å². The van der Waals surface area contributed by atoms with Crippen molar-refractivity contribution in [3.63, 3.8) is 0 Å². The van der Waals surface area contributed by atoms with Crippen LogP contribution in [0.4, 0.5) is 0 Å². The van der Waals surface area contributed by atoms with Crippen molar-refractivity contribution in [2.45, 2.75) is 12.2 Å². The minimum absolute atomic E-state index is 0.157. The predicted octanol–water partition coefficient (Wildman–Crippen LogP) is 1.11. The summed E-state index contributed by atoms with van der Waals surface area (Å²) in [6.45, 7) is 1.48. The largest absolute Gasteiger partial charge is 0.480 e. The van der Waals surface area contributed by atoms with Crippen molar-refractivity contribution in [1.29, 1.82) is 0 Å². The number of aliphatic carboxylic acids is 1. The van der Waals surface area contributed by atoms with E-state index in [-0.39, 0.29) is 10.4 Å². The number of carboxylic acid groups (broad SMARTS) is 1. The van der Waals surface area contributed by atoms with Crippen molar-refractivity contribution in [2.75, 3.05) is 5.33 Å². The van der Waals surface area contributed by atoms with Gasteiger partial charge in [-0.25, -0.2) is 0 Å². The molecule has 0 bridgehead atoms. The number of rotatable bonds is 3. The highest BCUT2D eigenvalue weighted by molar-refractivity contribution is 9.09. The normalized spacial score (nSPS) is 12.6. The highest BCUT2D eigenvalue weighted by atomic mass is 79.9. The number of hydrogen-bond acceptors (Lipinski definition) is 3. The molecule has 0 heterocycles. The molecule has 0 aromatic heterocycles. The van der Waals surface area contributed by atoms with Gasteiger partial charge in [0.15, 0.2) is 5.12 Å². The first kappa shape index (κ1) is 9.97. The van der Waals surface area contributed by atoms with Gasteiger partial charge < -0.3 is 5.11 Å². The first-order valence-corrected chi connectivity index (χ1v) is 4.56. The van der Waals surface area contributed by atoms with Gasteiger partial charge in [0.25, 0.3) is 0 Å². The molecule has 0 amide bonds. The molecule has 0 aromatic carbocycles. The third-order valence-electron chi connectivity index (χ3n) is 0.765. The standard InChI is InChI=1S/C5H7BrO3S/c1-3(5(8)9)10-4(7)2-6/h3H,2H2,1H3,(H,8,9). The van der Waals surface area contributed by atoms with E-state index in [1.54, 1.807) is 0 Å². The Hall–Kier alpha value is -0.0300. The monoisotopic (exact) mass is 226 g/mol. The SMILES string of the molecule is CC(SC(=O)CBr)C(=O)O. The summed E-state index contributed by atoms with van der Waals surface area (Å²) in [4.78, 5) is 20.7. The fraction of sp³-hybridized carbons (Fsp3) is 0.600. The minimum Gasteiger partial charge on any atom is -0.480 e. The first-order chi connectivity index (χ1) is 4.57. The molecule has 1 N–H and O–H groups in total. The average molecular weight is 227 g/mol. The van der Waals surface area contributed by atoms with E-state index in [0.29, 0.717) is 0 Å². The molecule has 5 heteroatoms. The Balaban J connectivity index is 3.68. The van der Waals surface area contributed by atoms with Crippen molar-refractivity contribution in [3.05, 3.63) is 0 Å². The molecular formula is C5H7BrO3S. The fourth-order valence-electron chi connectivity index (χ4n) is 0.279. The minimum atomic E-state index is -0.959. The molecule has 1 unspecified atom stereocenters. The van der Waals surface area contributed by atoms with Crippen LogP contribution in [0.1, 0.15) is 6.92 Å². The number of hydrogen-bond donors (Lipinski definition) is 1. The van der Waals surface area contributed by atoms with E-state index in [0.717, 1.165) is 11.8 Å². The fourth-order valence-corrected chi connectivity index (χ4v) is 1.23. The lowest BCUT2D eigenvalue weighted by Gasteiger charge is -2.00. The van der Waals surface area contributed by atoms with Gasteiger partial charge in [0, 0.05) is 0 Å². The quantitative estimate of drug-likeness (QED) is 0.734. The van der Waals surface area contributed by atoms with E-state index < -0.39 is 11.2 Å². The molecule has 1 atom stereocenters. The molecule has 0 saturated carbocycles. The van der Waals surface area contributed by atoms with Gasteiger partial charge in [0.2, 0.25) is 0 Å². The molecule has 0 radical (unpaired) electrons. The number of carboxylic acids is 1. The van der Waals surface area contributed by atoms with E-state index in [2.05, 4.69) is 15.9 Å². The average Bonchev–Trinajstić information content (AvgIpc) is 1.87. The van der Waals surface area contributed by atoms with Gasteiger partial charge in [-0.05, 0) is 6.92 Å². The molecular weight excluding hydrogens is 220 g/mol. The van der Waals surface area contributed by atoms with Gasteiger partial charge in [-0.1, -0.05) is 27.7 Å². The van der Waals surface area contributed by atoms with Crippen LogP contribution < -0.4 is 0 Å². The van der Waals surface area contributed by atoms with Gasteiger partial charge in [-0.2, -0.15) is 0 Å². The first-order valence-electron chi connectivity index (χ1n) is 2.56. The third kappa shape index (κ3) is 3.90. The summed E-state index contributed by atoms with van der Waals surface area (Å²) >= 11 is 3.75. The van der Waals surface area contributed by atoms with Gasteiger partial charge >= 0.3 is 5.97 Å². The molecule has 0 fully saturated rings. The van der Waals surface area contributed by atoms with Crippen LogP contribution >= 0.6 is 27.7 Å². The van der Waals surface area contributed by atoms with Crippen LogP contribution in [-0.2, 0) is 9.59 Å². The van der Waals surface area contributed by atoms with Crippen LogP contribution in [0.25, 0.3) is 0 Å². The van der Waals surface area contributed by atoms with Crippen molar-refractivity contribution in [3.8, 4) is 0 Å². The summed E-state index contributed by atoms with van der Waals surface area (Å²) in [6, 6.07) is 0. The van der Waals surface area contributed by atoms with Crippen LogP contribution in [0.3, 0.4) is 0 Å². The van der Waals surface area contributed by atoms with Crippen LogP contribution in [0, 0.1) is 0 Å². The van der Waals surface area contributed by atoms with E-state index in [1.165, 1.54) is 6.92 Å². The summed E-state index contributed by atoms with van der Waals surface area (Å²) in [6.07, 6.45) is 0. The molecule has 0 spiro atoms. The Labute approximate surface area is 71.3 Å². The lowest BCUT2D eigenvalue weighted by molar-refractivity contribution is -0.136. The molecule has 10 heavy (non-hydrogen) atoms. The molecule has 58 valence electrons. The van der Waals surface area contributed by atoms with Crippen LogP contribution in [0.5, 0.6) is 0 Å². The smallest absolute Gasteiger partial charge is 0.316 e. The number of alkyl halides is 1. The highest BCUT2D eigenvalue weighted by Crippen LogP contribution is 2.12. The Bertz CT molecular complexity index is 148. The van der Waals surface area contributed by atoms with Gasteiger partial charge in [0.1, 0.15) is 5.25 Å². The molecule has 0 aliphatic heterocycles. The predicted molar refractivity (Wildman–Crippen MR) is 43.5 cm³/mol. The van der Waals surface area contributed by atoms with E-state index in [1.807, 2.05) is 0 Å². The Morgan fingerprint density at radius 2 is 2.20 bits per heavy atom. The second kappa shape index (κ2) is 4.73. The number of thioether (sulfide) groups is 1. The van der Waals surface area contributed by atoms with Crippen molar-refractivity contribution in [1.82, 2.24) is 0 Å². The zero-order valence-corrected chi connectivity index (χ0v) is 7.74. The summed E-state index contributed by atoms with van der Waals surface area (Å²) in [5.41, 5.74) is 0. The van der Waals surface area contributed by atoms with Crippen LogP contribution in [0.2, 0.25) is 0 Å². The van der Waals surface area contributed by atoms with E-state index in [4.69, 9.17) is 5.11 Å². The number of halogens is 1. The molecule has 0 aliphatic carbocycles. The van der Waals surface area contributed by atoms with Crippen molar-refractivity contribution in [2.24, 2.45) is 0 Å². The van der Waals surface area contributed by atoms with E-state index >= 15 is 0 Å². The Morgan fingerprint density at radius 3 is 2.50 bits per heavy atom. The Kier molecular flexibility index (Phi) is 4.72. The van der Waals surface area contributed by atoms with Crippen LogP contribution in [-0.4, -0.2) is 26.8 Å². The summed E-state index contributed by atoms with van der Waals surface area (Å²) in [5, 5.41) is 7.74. The summed E-state index contributed by atoms with van der Waals surface area (Å²) < 4.78 is 0. The highest BCUT2D eigenvalue weighted by Gasteiger charge is 2.14. The second-order valence-corrected chi connectivity index (χ2v) is 3.56. The lowest BCUT2D eigenvalue weighted by Crippen LogP contribution is -2.14. The van der Waals surface area contributed by atoms with Crippen molar-refractivity contribution < 1.29 is 14.7 Å². The Morgan fingerprint density at radius 1 is 1.70 bits per heavy atom. The third-order valence-corrected chi connectivity index (χ3v) is 2.61. The van der Waals surface area contributed by atoms with Gasteiger partial charge in [-0.15, -0.1) is 0 Å². The van der Waals surface area contributed by atoms with E-state index in [9.17, 15) is 9.59 Å². The maximum Gasteiger partial charge on any atom is 0.316 e. The topological polar surface area (TPSA) is 54.4 Å². The summed E-state index contributed by atoms with van der Waals surface area (Å²) in [7, 11) is 0. The maximum absolute atomic E-state index is 10.6. The maximum atomic E-state index is 10.6. The lowest BCUT2D eigenvalue weighted by atomic mass is 10.5. The second-order valence-electron chi connectivity index (χ2n) is 1.60. The molecule has 0 rings (SSSR count). The molecule has 0 aliphatic rings. The molecule has 0 saturated heterocycles. The van der Waals surface area contributed by atoms with Crippen LogP contribution in [0.15, 0.2) is 0 Å². The van der Waals surface area contributed by atoms with Crippen molar-refractivity contribution >= 4 is 38.8 Å². The number of carbonyl (C=O) groups excluding carboxylic acids is 1. The molecule has 3 nitrogen and oxygen atoms in total. The molecule has 0 aromatic rings. The zero-order chi connectivity index (χ0) is 8.15. The summed E-state index contributed by atoms with van der Waals surface area (Å²) in [5.74, 6) is -0.959. The zero-order valence-electron chi connectivity index (χ0n) is 5.33. The number of carbonyl (C=O) groups is 2.